The normalized spacial score (nSPS) is 10.8. The zero-order valence-electron chi connectivity index (χ0n) is 13.6. The van der Waals surface area contributed by atoms with Gasteiger partial charge in [0.05, 0.1) is 0 Å². The van der Waals surface area contributed by atoms with Gasteiger partial charge in [-0.15, -0.1) is 0 Å². The van der Waals surface area contributed by atoms with Gasteiger partial charge in [0.15, 0.2) is 5.78 Å². The van der Waals surface area contributed by atoms with Gasteiger partial charge in [0.25, 0.3) is 0 Å². The lowest BCUT2D eigenvalue weighted by Crippen LogP contribution is -2.38. The molecule has 0 aromatic heterocycles. The van der Waals surface area contributed by atoms with Crippen molar-refractivity contribution in [3.63, 3.8) is 0 Å². The third-order valence-electron chi connectivity index (χ3n) is 2.64. The molecule has 0 radical (unpaired) electrons. The zero-order valence-corrected chi connectivity index (χ0v) is 13.6. The van der Waals surface area contributed by atoms with Crippen LogP contribution in [0.5, 0.6) is 0 Å². The van der Waals surface area contributed by atoms with Crippen LogP contribution >= 0.6 is 0 Å². The lowest BCUT2D eigenvalue weighted by molar-refractivity contribution is -0.117. The molecular weight excluding hydrogens is 284 g/mol. The number of carbonyl (C=O) groups excluding carboxylic acids is 3. The minimum Gasteiger partial charge on any atom is -0.444 e. The standard InChI is InChI=1S/C16H22N2O4/c1-11(19)12-7-6-8-13(9-12)17-14(20)10-18(5)15(21)22-16(2,3)4/h6-9H,10H2,1-5H3,(H,17,20). The van der Waals surface area contributed by atoms with E-state index in [4.69, 9.17) is 4.74 Å². The Morgan fingerprint density at radius 1 is 1.23 bits per heavy atom. The first-order valence-electron chi connectivity index (χ1n) is 6.93. The summed E-state index contributed by atoms with van der Waals surface area (Å²) in [5.41, 5.74) is 0.408. The molecule has 0 aliphatic carbocycles. The van der Waals surface area contributed by atoms with Crippen LogP contribution in [0.2, 0.25) is 0 Å². The third-order valence-corrected chi connectivity index (χ3v) is 2.64. The van der Waals surface area contributed by atoms with Crippen LogP contribution in [0.3, 0.4) is 0 Å². The van der Waals surface area contributed by atoms with Crippen LogP contribution in [0.1, 0.15) is 38.1 Å². The van der Waals surface area contributed by atoms with Gasteiger partial charge in [0, 0.05) is 18.3 Å². The molecule has 2 amide bonds. The molecule has 1 aromatic carbocycles. The maximum absolute atomic E-state index is 11.9. The second-order valence-corrected chi connectivity index (χ2v) is 6.02. The topological polar surface area (TPSA) is 75.7 Å². The number of likely N-dealkylation sites (N-methyl/N-ethyl adjacent to an activating group) is 1. The highest BCUT2D eigenvalue weighted by molar-refractivity contribution is 5.98. The second kappa shape index (κ2) is 7.06. The molecule has 0 aliphatic heterocycles. The van der Waals surface area contributed by atoms with Crippen LogP contribution in [-0.2, 0) is 9.53 Å². The van der Waals surface area contributed by atoms with Gasteiger partial charge in [-0.2, -0.15) is 0 Å². The van der Waals surface area contributed by atoms with Crippen LogP contribution in [0.4, 0.5) is 10.5 Å². The Bertz CT molecular complexity index is 576. The number of nitrogens with one attached hydrogen (secondary N) is 1. The number of hydrogen-bond donors (Lipinski definition) is 1. The molecule has 6 nitrogen and oxygen atoms in total. The van der Waals surface area contributed by atoms with Gasteiger partial charge in [-0.25, -0.2) is 4.79 Å². The number of ether oxygens (including phenoxy) is 1. The highest BCUT2D eigenvalue weighted by Gasteiger charge is 2.21. The van der Waals surface area contributed by atoms with E-state index in [1.54, 1.807) is 45.0 Å². The van der Waals surface area contributed by atoms with Crippen molar-refractivity contribution < 1.29 is 19.1 Å². The molecule has 0 spiro atoms. The molecule has 0 unspecified atom stereocenters. The first kappa shape index (κ1) is 17.7. The van der Waals surface area contributed by atoms with Crippen molar-refractivity contribution in [2.75, 3.05) is 18.9 Å². The average molecular weight is 306 g/mol. The van der Waals surface area contributed by atoms with Gasteiger partial charge in [0.2, 0.25) is 5.91 Å². The van der Waals surface area contributed by atoms with Crippen molar-refractivity contribution in [1.82, 2.24) is 4.90 Å². The fourth-order valence-electron chi connectivity index (χ4n) is 1.64. The number of hydrogen-bond acceptors (Lipinski definition) is 4. The van der Waals surface area contributed by atoms with Crippen molar-refractivity contribution >= 4 is 23.5 Å². The molecule has 0 fully saturated rings. The average Bonchev–Trinajstić information content (AvgIpc) is 2.36. The Morgan fingerprint density at radius 2 is 1.86 bits per heavy atom. The van der Waals surface area contributed by atoms with Crippen LogP contribution in [0.15, 0.2) is 24.3 Å². The fraction of sp³-hybridized carbons (Fsp3) is 0.438. The Morgan fingerprint density at radius 3 is 2.41 bits per heavy atom. The van der Waals surface area contributed by atoms with Crippen LogP contribution in [0, 0.1) is 0 Å². The zero-order chi connectivity index (χ0) is 16.9. The Hall–Kier alpha value is -2.37. The van der Waals surface area contributed by atoms with E-state index in [2.05, 4.69) is 5.32 Å². The summed E-state index contributed by atoms with van der Waals surface area (Å²) in [6, 6.07) is 6.63. The summed E-state index contributed by atoms with van der Waals surface area (Å²) in [5, 5.41) is 2.65. The third kappa shape index (κ3) is 5.95. The molecule has 1 N–H and O–H groups in total. The van der Waals surface area contributed by atoms with E-state index in [1.807, 2.05) is 0 Å². The Balaban J connectivity index is 2.61. The summed E-state index contributed by atoms with van der Waals surface area (Å²) in [4.78, 5) is 36.2. The molecule has 1 rings (SSSR count). The minimum atomic E-state index is -0.613. The van der Waals surface area contributed by atoms with Gasteiger partial charge in [-0.05, 0) is 39.8 Å². The van der Waals surface area contributed by atoms with E-state index in [1.165, 1.54) is 18.9 Å². The predicted molar refractivity (Wildman–Crippen MR) is 83.9 cm³/mol. The van der Waals surface area contributed by atoms with Gasteiger partial charge in [-0.3, -0.25) is 9.59 Å². The molecule has 1 aromatic rings. The summed E-state index contributed by atoms with van der Waals surface area (Å²) < 4.78 is 5.16. The first-order valence-corrected chi connectivity index (χ1v) is 6.93. The van der Waals surface area contributed by atoms with Crippen LogP contribution < -0.4 is 5.32 Å². The van der Waals surface area contributed by atoms with Crippen molar-refractivity contribution in [1.29, 1.82) is 0 Å². The number of benzene rings is 1. The summed E-state index contributed by atoms with van der Waals surface area (Å²) >= 11 is 0. The maximum Gasteiger partial charge on any atom is 0.410 e. The van der Waals surface area contributed by atoms with Gasteiger partial charge in [-0.1, -0.05) is 12.1 Å². The first-order chi connectivity index (χ1) is 10.1. The monoisotopic (exact) mass is 306 g/mol. The number of Topliss-reactive ketones (excluding diaryl/α,β-unsaturated/α-hetero) is 1. The van der Waals surface area contributed by atoms with E-state index in [0.29, 0.717) is 11.3 Å². The Kier molecular flexibility index (Phi) is 5.68. The summed E-state index contributed by atoms with van der Waals surface area (Å²) in [6.07, 6.45) is -0.569. The van der Waals surface area contributed by atoms with Crippen molar-refractivity contribution in [2.24, 2.45) is 0 Å². The van der Waals surface area contributed by atoms with E-state index in [-0.39, 0.29) is 18.2 Å². The number of ketones is 1. The summed E-state index contributed by atoms with van der Waals surface area (Å²) in [6.45, 7) is 6.58. The summed E-state index contributed by atoms with van der Waals surface area (Å²) in [7, 11) is 1.49. The number of amides is 2. The molecule has 0 aliphatic rings. The largest absolute Gasteiger partial charge is 0.444 e. The van der Waals surface area contributed by atoms with Crippen molar-refractivity contribution in [3.05, 3.63) is 29.8 Å². The lowest BCUT2D eigenvalue weighted by atomic mass is 10.1. The molecule has 0 heterocycles. The maximum atomic E-state index is 11.9. The molecule has 0 bridgehead atoms. The summed E-state index contributed by atoms with van der Waals surface area (Å²) in [5.74, 6) is -0.448. The number of anilines is 1. The van der Waals surface area contributed by atoms with Crippen molar-refractivity contribution in [2.45, 2.75) is 33.3 Å². The lowest BCUT2D eigenvalue weighted by Gasteiger charge is -2.24. The smallest absolute Gasteiger partial charge is 0.410 e. The van der Waals surface area contributed by atoms with Crippen molar-refractivity contribution in [3.8, 4) is 0 Å². The number of carbonyl (C=O) groups is 3. The molecule has 22 heavy (non-hydrogen) atoms. The number of rotatable bonds is 4. The van der Waals surface area contributed by atoms with Gasteiger partial charge < -0.3 is 15.0 Å². The molecule has 6 heteroatoms. The van der Waals surface area contributed by atoms with E-state index in [0.717, 1.165) is 0 Å². The molecule has 120 valence electrons. The van der Waals surface area contributed by atoms with E-state index in [9.17, 15) is 14.4 Å². The van der Waals surface area contributed by atoms with Crippen LogP contribution in [-0.4, -0.2) is 41.9 Å². The Labute approximate surface area is 130 Å². The molecule has 0 saturated carbocycles. The number of nitrogens with zero attached hydrogens (tertiary/aromatic N) is 1. The molecular formula is C16H22N2O4. The van der Waals surface area contributed by atoms with E-state index >= 15 is 0 Å². The van der Waals surface area contributed by atoms with E-state index < -0.39 is 11.7 Å². The molecule has 0 atom stereocenters. The highest BCUT2D eigenvalue weighted by atomic mass is 16.6. The fourth-order valence-corrected chi connectivity index (χ4v) is 1.64. The second-order valence-electron chi connectivity index (χ2n) is 6.02. The minimum absolute atomic E-state index is 0.0815. The predicted octanol–water partition coefficient (Wildman–Crippen LogP) is 2.69. The van der Waals surface area contributed by atoms with Gasteiger partial charge >= 0.3 is 6.09 Å². The van der Waals surface area contributed by atoms with Crippen LogP contribution in [0.25, 0.3) is 0 Å². The molecule has 0 saturated heterocycles. The van der Waals surface area contributed by atoms with Gasteiger partial charge in [0.1, 0.15) is 12.1 Å². The quantitative estimate of drug-likeness (QED) is 0.868. The highest BCUT2D eigenvalue weighted by Crippen LogP contribution is 2.12. The SMILES string of the molecule is CC(=O)c1cccc(NC(=O)CN(C)C(=O)OC(C)(C)C)c1.